The second-order valence-electron chi connectivity index (χ2n) is 2.54. The van der Waals surface area contributed by atoms with Crippen molar-refractivity contribution in [1.82, 2.24) is 5.32 Å². The molecule has 0 radical (unpaired) electrons. The van der Waals surface area contributed by atoms with Crippen LogP contribution in [-0.2, 0) is 0 Å². The largest absolute Gasteiger partial charge is 0.347 e. The molecule has 2 heteroatoms. The fourth-order valence-electron chi connectivity index (χ4n) is 1.25. The summed E-state index contributed by atoms with van der Waals surface area (Å²) < 4.78 is 0. The molecule has 1 rings (SSSR count). The molecule has 0 aliphatic carbocycles. The Morgan fingerprint density at radius 1 is 1.45 bits per heavy atom. The highest BCUT2D eigenvalue weighted by atomic mass is 15.0. The van der Waals surface area contributed by atoms with Crippen LogP contribution in [0.25, 0.3) is 0 Å². The average Bonchev–Trinajstić information content (AvgIpc) is 2.04. The van der Waals surface area contributed by atoms with Crippen LogP contribution in [0.4, 0.5) is 0 Å². The van der Waals surface area contributed by atoms with Crippen molar-refractivity contribution in [1.29, 1.82) is 0 Å². The highest BCUT2D eigenvalue weighted by Crippen LogP contribution is 2.16. The van der Waals surface area contributed by atoms with Crippen LogP contribution in [0.2, 0.25) is 0 Å². The van der Waals surface area contributed by atoms with E-state index >= 15 is 0 Å². The Labute approximate surface area is 67.7 Å². The Morgan fingerprint density at radius 3 is 2.64 bits per heavy atom. The number of allylic oxidation sites excluding steroid dienone is 2. The molecule has 11 heavy (non-hydrogen) atoms. The van der Waals surface area contributed by atoms with Gasteiger partial charge in [-0.05, 0) is 26.3 Å². The summed E-state index contributed by atoms with van der Waals surface area (Å²) in [7, 11) is 0. The van der Waals surface area contributed by atoms with E-state index in [2.05, 4.69) is 29.4 Å². The first-order valence-corrected chi connectivity index (χ1v) is 3.90. The van der Waals surface area contributed by atoms with Crippen LogP contribution in [0.1, 0.15) is 20.8 Å². The molecule has 0 aromatic heterocycles. The number of nitrogens with one attached hydrogen (secondary N) is 1. The standard InChI is InChI=1S/C9H14N2/c1-4-8-7(3)10-6-11-9(8)5-2/h4-7H,1-3H3,(H,10,11)/b8-4?,9-5+. The van der Waals surface area contributed by atoms with Crippen molar-refractivity contribution in [3.05, 3.63) is 23.4 Å². The number of hydrogen-bond acceptors (Lipinski definition) is 2. The number of nitrogens with zero attached hydrogens (tertiary/aromatic N) is 1. The summed E-state index contributed by atoms with van der Waals surface area (Å²) in [6, 6.07) is 0.299. The summed E-state index contributed by atoms with van der Waals surface area (Å²) in [4.78, 5) is 4.24. The minimum atomic E-state index is 0.299. The zero-order chi connectivity index (χ0) is 8.27. The zero-order valence-corrected chi connectivity index (χ0v) is 7.26. The SMILES string of the molecule is CC=C1/C(=C\C)NC=NC1C. The predicted octanol–water partition coefficient (Wildman–Crippen LogP) is 1.86. The highest BCUT2D eigenvalue weighted by Gasteiger charge is 2.12. The van der Waals surface area contributed by atoms with E-state index in [1.165, 1.54) is 11.3 Å². The van der Waals surface area contributed by atoms with E-state index in [0.717, 1.165) is 0 Å². The van der Waals surface area contributed by atoms with Gasteiger partial charge in [-0.15, -0.1) is 0 Å². The van der Waals surface area contributed by atoms with E-state index in [9.17, 15) is 0 Å². The van der Waals surface area contributed by atoms with Gasteiger partial charge in [0.2, 0.25) is 0 Å². The smallest absolute Gasteiger partial charge is 0.0875 e. The lowest BCUT2D eigenvalue weighted by Gasteiger charge is -2.19. The molecule has 1 N–H and O–H groups in total. The first-order valence-electron chi connectivity index (χ1n) is 3.90. The summed E-state index contributed by atoms with van der Waals surface area (Å²) in [5.41, 5.74) is 2.45. The van der Waals surface area contributed by atoms with Gasteiger partial charge in [-0.2, -0.15) is 0 Å². The second-order valence-corrected chi connectivity index (χ2v) is 2.54. The van der Waals surface area contributed by atoms with Gasteiger partial charge < -0.3 is 5.32 Å². The maximum Gasteiger partial charge on any atom is 0.0875 e. The van der Waals surface area contributed by atoms with Crippen LogP contribution in [0, 0.1) is 0 Å². The van der Waals surface area contributed by atoms with Crippen LogP contribution in [0.5, 0.6) is 0 Å². The van der Waals surface area contributed by atoms with Crippen LogP contribution < -0.4 is 5.32 Å². The lowest BCUT2D eigenvalue weighted by Crippen LogP contribution is -2.24. The highest BCUT2D eigenvalue weighted by molar-refractivity contribution is 5.64. The van der Waals surface area contributed by atoms with Gasteiger partial charge in [0.25, 0.3) is 0 Å². The Morgan fingerprint density at radius 2 is 2.18 bits per heavy atom. The molecule has 0 bridgehead atoms. The van der Waals surface area contributed by atoms with Crippen molar-refractivity contribution >= 4 is 6.34 Å². The van der Waals surface area contributed by atoms with E-state index in [1.807, 2.05) is 13.8 Å². The molecule has 2 nitrogen and oxygen atoms in total. The molecule has 0 spiro atoms. The molecule has 0 amide bonds. The number of hydrogen-bond donors (Lipinski definition) is 1. The zero-order valence-electron chi connectivity index (χ0n) is 7.26. The van der Waals surface area contributed by atoms with Crippen molar-refractivity contribution < 1.29 is 0 Å². The van der Waals surface area contributed by atoms with Crippen molar-refractivity contribution in [2.75, 3.05) is 0 Å². The fraction of sp³-hybridized carbons (Fsp3) is 0.444. The molecule has 60 valence electrons. The van der Waals surface area contributed by atoms with Gasteiger partial charge in [0.1, 0.15) is 0 Å². The lowest BCUT2D eigenvalue weighted by molar-refractivity contribution is 0.820. The minimum absolute atomic E-state index is 0.299. The Hall–Kier alpha value is -1.05. The summed E-state index contributed by atoms with van der Waals surface area (Å²) in [5.74, 6) is 0. The third-order valence-corrected chi connectivity index (χ3v) is 1.88. The molecular formula is C9H14N2. The average molecular weight is 150 g/mol. The Kier molecular flexibility index (Phi) is 2.47. The maximum atomic E-state index is 4.24. The molecular weight excluding hydrogens is 136 g/mol. The molecule has 0 saturated carbocycles. The maximum absolute atomic E-state index is 4.24. The molecule has 1 unspecified atom stereocenters. The van der Waals surface area contributed by atoms with E-state index in [1.54, 1.807) is 6.34 Å². The minimum Gasteiger partial charge on any atom is -0.347 e. The van der Waals surface area contributed by atoms with E-state index < -0.39 is 0 Å². The topological polar surface area (TPSA) is 24.4 Å². The third kappa shape index (κ3) is 1.50. The number of rotatable bonds is 0. The summed E-state index contributed by atoms with van der Waals surface area (Å²) in [6.07, 6.45) is 5.92. The van der Waals surface area contributed by atoms with E-state index in [0.29, 0.717) is 6.04 Å². The molecule has 0 saturated heterocycles. The molecule has 0 aromatic carbocycles. The predicted molar refractivity (Wildman–Crippen MR) is 48.6 cm³/mol. The molecule has 1 heterocycles. The molecule has 1 aliphatic heterocycles. The first-order chi connectivity index (χ1) is 5.29. The van der Waals surface area contributed by atoms with Crippen LogP contribution in [0.3, 0.4) is 0 Å². The van der Waals surface area contributed by atoms with Gasteiger partial charge in [-0.1, -0.05) is 12.2 Å². The molecule has 0 fully saturated rings. The van der Waals surface area contributed by atoms with Gasteiger partial charge in [-0.3, -0.25) is 4.99 Å². The fourth-order valence-corrected chi connectivity index (χ4v) is 1.25. The van der Waals surface area contributed by atoms with Crippen molar-refractivity contribution in [2.24, 2.45) is 4.99 Å². The van der Waals surface area contributed by atoms with Gasteiger partial charge in [0.05, 0.1) is 12.4 Å². The lowest BCUT2D eigenvalue weighted by atomic mass is 10.0. The van der Waals surface area contributed by atoms with Gasteiger partial charge >= 0.3 is 0 Å². The monoisotopic (exact) mass is 150 g/mol. The quantitative estimate of drug-likeness (QED) is 0.560. The number of aliphatic imine (C=N–C) groups is 1. The molecule has 0 aromatic rings. The summed E-state index contributed by atoms with van der Waals surface area (Å²) in [5, 5.41) is 3.10. The third-order valence-electron chi connectivity index (χ3n) is 1.88. The van der Waals surface area contributed by atoms with Crippen LogP contribution in [0.15, 0.2) is 28.4 Å². The van der Waals surface area contributed by atoms with E-state index in [-0.39, 0.29) is 0 Å². The molecule has 1 atom stereocenters. The summed E-state index contributed by atoms with van der Waals surface area (Å²) in [6.45, 7) is 6.16. The Balaban J connectivity index is 2.95. The Bertz CT molecular complexity index is 224. The van der Waals surface area contributed by atoms with Crippen molar-refractivity contribution in [3.63, 3.8) is 0 Å². The van der Waals surface area contributed by atoms with Crippen molar-refractivity contribution in [2.45, 2.75) is 26.8 Å². The van der Waals surface area contributed by atoms with Gasteiger partial charge in [-0.25, -0.2) is 0 Å². The van der Waals surface area contributed by atoms with Crippen molar-refractivity contribution in [3.8, 4) is 0 Å². The summed E-state index contributed by atoms with van der Waals surface area (Å²) >= 11 is 0. The van der Waals surface area contributed by atoms with Gasteiger partial charge in [0, 0.05) is 5.70 Å². The normalized spacial score (nSPS) is 31.0. The second kappa shape index (κ2) is 3.37. The molecule has 1 aliphatic rings. The first kappa shape index (κ1) is 8.05. The van der Waals surface area contributed by atoms with Crippen LogP contribution in [-0.4, -0.2) is 12.4 Å². The van der Waals surface area contributed by atoms with E-state index in [4.69, 9.17) is 0 Å². The van der Waals surface area contributed by atoms with Crippen LogP contribution >= 0.6 is 0 Å². The van der Waals surface area contributed by atoms with Gasteiger partial charge in [0.15, 0.2) is 0 Å².